The lowest BCUT2D eigenvalue weighted by molar-refractivity contribution is 0.304. The minimum absolute atomic E-state index is 0.810. The standard InChI is InChI=1S/C40H49NO/c1-2-3-4-5-6-7-8-9-10-11-12-13-14-19-32-42-36-30-26-34(27-31-36)33-24-28-35(29-25-33)41-39-22-17-15-20-37(39)38-21-16-18-23-40(38)41/h15-18,20-31H,2-14,19,32H2,1H3. The molecule has 0 atom stereocenters. The Bertz CT molecular complexity index is 1430. The highest BCUT2D eigenvalue weighted by Gasteiger charge is 2.11. The highest BCUT2D eigenvalue weighted by atomic mass is 16.5. The van der Waals surface area contributed by atoms with Crippen molar-refractivity contribution in [2.45, 2.75) is 96.8 Å². The molecule has 220 valence electrons. The van der Waals surface area contributed by atoms with E-state index in [4.69, 9.17) is 4.74 Å². The summed E-state index contributed by atoms with van der Waals surface area (Å²) in [5, 5.41) is 2.59. The van der Waals surface area contributed by atoms with Gasteiger partial charge in [0, 0.05) is 16.5 Å². The van der Waals surface area contributed by atoms with E-state index in [-0.39, 0.29) is 0 Å². The number of para-hydroxylation sites is 2. The molecule has 4 aromatic carbocycles. The molecule has 0 saturated carbocycles. The van der Waals surface area contributed by atoms with E-state index in [2.05, 4.69) is 109 Å². The summed E-state index contributed by atoms with van der Waals surface area (Å²) in [5.41, 5.74) is 6.11. The summed E-state index contributed by atoms with van der Waals surface area (Å²) >= 11 is 0. The molecule has 0 fully saturated rings. The normalized spacial score (nSPS) is 11.5. The number of fused-ring (bicyclic) bond motifs is 3. The average Bonchev–Trinajstić information content (AvgIpc) is 3.38. The van der Waals surface area contributed by atoms with Crippen molar-refractivity contribution >= 4 is 21.8 Å². The number of benzene rings is 4. The van der Waals surface area contributed by atoms with Crippen LogP contribution in [0.25, 0.3) is 38.6 Å². The van der Waals surface area contributed by atoms with Gasteiger partial charge >= 0.3 is 0 Å². The fourth-order valence-corrected chi connectivity index (χ4v) is 6.23. The van der Waals surface area contributed by atoms with Gasteiger partial charge < -0.3 is 9.30 Å². The van der Waals surface area contributed by atoms with Gasteiger partial charge in [0.25, 0.3) is 0 Å². The van der Waals surface area contributed by atoms with Crippen molar-refractivity contribution in [2.75, 3.05) is 6.61 Å². The summed E-state index contributed by atoms with van der Waals surface area (Å²) in [6.45, 7) is 3.10. The molecular formula is C40H49NO. The summed E-state index contributed by atoms with van der Waals surface area (Å²) in [7, 11) is 0. The molecule has 2 heteroatoms. The van der Waals surface area contributed by atoms with E-state index in [1.165, 1.54) is 122 Å². The second-order valence-corrected chi connectivity index (χ2v) is 11.9. The summed E-state index contributed by atoms with van der Waals surface area (Å²) in [6, 6.07) is 34.8. The smallest absolute Gasteiger partial charge is 0.119 e. The van der Waals surface area contributed by atoms with Gasteiger partial charge in [-0.15, -0.1) is 0 Å². The third-order valence-corrected chi connectivity index (χ3v) is 8.66. The van der Waals surface area contributed by atoms with Gasteiger partial charge in [-0.1, -0.05) is 151 Å². The van der Waals surface area contributed by atoms with Crippen molar-refractivity contribution in [1.29, 1.82) is 0 Å². The van der Waals surface area contributed by atoms with Crippen LogP contribution in [-0.2, 0) is 0 Å². The van der Waals surface area contributed by atoms with Crippen LogP contribution < -0.4 is 4.74 Å². The zero-order valence-corrected chi connectivity index (χ0v) is 25.7. The quantitative estimate of drug-likeness (QED) is 0.0974. The molecule has 0 radical (unpaired) electrons. The second-order valence-electron chi connectivity index (χ2n) is 11.9. The number of nitrogens with zero attached hydrogens (tertiary/aromatic N) is 1. The average molecular weight is 560 g/mol. The van der Waals surface area contributed by atoms with Crippen molar-refractivity contribution in [3.05, 3.63) is 97.1 Å². The van der Waals surface area contributed by atoms with E-state index >= 15 is 0 Å². The minimum atomic E-state index is 0.810. The lowest BCUT2D eigenvalue weighted by Gasteiger charge is -2.10. The Hall–Kier alpha value is -3.52. The fraction of sp³-hybridized carbons (Fsp3) is 0.400. The van der Waals surface area contributed by atoms with E-state index in [0.29, 0.717) is 0 Å². The van der Waals surface area contributed by atoms with Crippen LogP contribution in [0.5, 0.6) is 5.75 Å². The van der Waals surface area contributed by atoms with Gasteiger partial charge in [-0.25, -0.2) is 0 Å². The number of aromatic nitrogens is 1. The number of ether oxygens (including phenoxy) is 1. The first-order chi connectivity index (χ1) is 20.8. The van der Waals surface area contributed by atoms with Crippen LogP contribution in [0.4, 0.5) is 0 Å². The Kier molecular flexibility index (Phi) is 11.6. The fourth-order valence-electron chi connectivity index (χ4n) is 6.23. The molecule has 0 saturated heterocycles. The van der Waals surface area contributed by atoms with Gasteiger partial charge in [-0.05, 0) is 53.9 Å². The summed E-state index contributed by atoms with van der Waals surface area (Å²) in [4.78, 5) is 0. The van der Waals surface area contributed by atoms with Gasteiger partial charge in [-0.2, -0.15) is 0 Å². The van der Waals surface area contributed by atoms with Crippen molar-refractivity contribution in [2.24, 2.45) is 0 Å². The maximum atomic E-state index is 6.05. The van der Waals surface area contributed by atoms with Crippen LogP contribution in [0.2, 0.25) is 0 Å². The topological polar surface area (TPSA) is 14.2 Å². The molecule has 5 rings (SSSR count). The molecule has 0 aliphatic carbocycles. The van der Waals surface area contributed by atoms with E-state index in [9.17, 15) is 0 Å². The number of hydrogen-bond donors (Lipinski definition) is 0. The van der Waals surface area contributed by atoms with Crippen molar-refractivity contribution in [3.63, 3.8) is 0 Å². The molecular weight excluding hydrogens is 510 g/mol. The maximum Gasteiger partial charge on any atom is 0.119 e. The minimum Gasteiger partial charge on any atom is -0.494 e. The number of rotatable bonds is 18. The summed E-state index contributed by atoms with van der Waals surface area (Å²) in [5.74, 6) is 0.968. The Labute approximate surface area is 253 Å². The van der Waals surface area contributed by atoms with Crippen LogP contribution in [-0.4, -0.2) is 11.2 Å². The van der Waals surface area contributed by atoms with Crippen molar-refractivity contribution < 1.29 is 4.74 Å². The SMILES string of the molecule is CCCCCCCCCCCCCCCCOc1ccc(-c2ccc(-n3c4ccccc4c4ccccc43)cc2)cc1. The van der Waals surface area contributed by atoms with Crippen LogP contribution in [0, 0.1) is 0 Å². The van der Waals surface area contributed by atoms with Crippen molar-refractivity contribution in [1.82, 2.24) is 4.57 Å². The monoisotopic (exact) mass is 559 g/mol. The van der Waals surface area contributed by atoms with Crippen LogP contribution >= 0.6 is 0 Å². The van der Waals surface area contributed by atoms with E-state index in [0.717, 1.165) is 18.8 Å². The molecule has 5 aromatic rings. The van der Waals surface area contributed by atoms with Crippen LogP contribution in [0.15, 0.2) is 97.1 Å². The molecule has 42 heavy (non-hydrogen) atoms. The Balaban J connectivity index is 1.02. The molecule has 1 heterocycles. The first-order valence-electron chi connectivity index (χ1n) is 16.7. The first-order valence-corrected chi connectivity index (χ1v) is 16.7. The molecule has 2 nitrogen and oxygen atoms in total. The van der Waals surface area contributed by atoms with Gasteiger partial charge in [0.15, 0.2) is 0 Å². The Morgan fingerprint density at radius 3 is 1.38 bits per heavy atom. The van der Waals surface area contributed by atoms with E-state index in [1.54, 1.807) is 0 Å². The predicted molar refractivity (Wildman–Crippen MR) is 182 cm³/mol. The lowest BCUT2D eigenvalue weighted by atomic mass is 10.0. The summed E-state index contributed by atoms with van der Waals surface area (Å²) < 4.78 is 8.41. The predicted octanol–water partition coefficient (Wildman–Crippen LogP) is 12.3. The number of unbranched alkanes of at least 4 members (excludes halogenated alkanes) is 13. The van der Waals surface area contributed by atoms with E-state index < -0.39 is 0 Å². The highest BCUT2D eigenvalue weighted by molar-refractivity contribution is 6.09. The van der Waals surface area contributed by atoms with Gasteiger partial charge in [0.2, 0.25) is 0 Å². The Morgan fingerprint density at radius 1 is 0.452 bits per heavy atom. The molecule has 0 unspecified atom stereocenters. The first kappa shape index (κ1) is 30.0. The third-order valence-electron chi connectivity index (χ3n) is 8.66. The zero-order chi connectivity index (χ0) is 28.8. The molecule has 0 bridgehead atoms. The molecule has 0 aliphatic rings. The Morgan fingerprint density at radius 2 is 0.881 bits per heavy atom. The molecule has 0 N–H and O–H groups in total. The van der Waals surface area contributed by atoms with E-state index in [1.807, 2.05) is 0 Å². The molecule has 1 aromatic heterocycles. The molecule has 0 spiro atoms. The highest BCUT2D eigenvalue weighted by Crippen LogP contribution is 2.32. The number of hydrogen-bond acceptors (Lipinski definition) is 1. The largest absolute Gasteiger partial charge is 0.494 e. The summed E-state index contributed by atoms with van der Waals surface area (Å²) in [6.07, 6.45) is 19.3. The second kappa shape index (κ2) is 16.2. The van der Waals surface area contributed by atoms with Gasteiger partial charge in [-0.3, -0.25) is 0 Å². The van der Waals surface area contributed by atoms with Crippen molar-refractivity contribution in [3.8, 4) is 22.6 Å². The van der Waals surface area contributed by atoms with Crippen LogP contribution in [0.1, 0.15) is 96.8 Å². The molecule has 0 aliphatic heterocycles. The third kappa shape index (κ3) is 8.06. The molecule has 0 amide bonds. The van der Waals surface area contributed by atoms with Gasteiger partial charge in [0.1, 0.15) is 5.75 Å². The lowest BCUT2D eigenvalue weighted by Crippen LogP contribution is -1.97. The maximum absolute atomic E-state index is 6.05. The van der Waals surface area contributed by atoms with Crippen LogP contribution in [0.3, 0.4) is 0 Å². The zero-order valence-electron chi connectivity index (χ0n) is 25.7. The van der Waals surface area contributed by atoms with Gasteiger partial charge in [0.05, 0.1) is 17.6 Å².